The number of aliphatic hydroxyl groups is 3. The van der Waals surface area contributed by atoms with Crippen molar-refractivity contribution in [3.63, 3.8) is 0 Å². The molecule has 10 nitrogen and oxygen atoms in total. The Kier molecular flexibility index (Phi) is 4.81. The minimum atomic E-state index is -1.23. The SMILES string of the molecule is CCCCNc1nc2c(N)ncnc2n1[C@@H]1O[C@H](CO)[C@H](O)C1O. The van der Waals surface area contributed by atoms with Crippen LogP contribution in [-0.4, -0.2) is 66.3 Å². The fourth-order valence-corrected chi connectivity index (χ4v) is 2.76. The summed E-state index contributed by atoms with van der Waals surface area (Å²) >= 11 is 0. The summed E-state index contributed by atoms with van der Waals surface area (Å²) in [6, 6.07) is 0. The number of hydrogen-bond acceptors (Lipinski definition) is 9. The lowest BCUT2D eigenvalue weighted by atomic mass is 10.1. The van der Waals surface area contributed by atoms with Gasteiger partial charge in [0.2, 0.25) is 5.95 Å². The smallest absolute Gasteiger partial charge is 0.207 e. The predicted octanol–water partition coefficient (Wildman–Crippen LogP) is -0.768. The lowest BCUT2D eigenvalue weighted by molar-refractivity contribution is -0.0501. The zero-order valence-corrected chi connectivity index (χ0v) is 13.3. The number of anilines is 2. The fraction of sp³-hybridized carbons (Fsp3) is 0.643. The standard InChI is InChI=1S/C14H22N6O4/c1-2-3-4-16-14-19-8-11(15)17-6-18-12(8)20(14)13-10(23)9(22)7(5-21)24-13/h6-7,9-10,13,21-23H,2-5H2,1H3,(H,16,19)(H2,15,17,18)/t7-,9+,10?,13-/m1/s1. The van der Waals surface area contributed by atoms with Crippen molar-refractivity contribution in [2.75, 3.05) is 24.2 Å². The molecule has 0 spiro atoms. The quantitative estimate of drug-likeness (QED) is 0.428. The predicted molar refractivity (Wildman–Crippen MR) is 86.1 cm³/mol. The number of rotatable bonds is 6. The van der Waals surface area contributed by atoms with E-state index in [0.717, 1.165) is 12.8 Å². The van der Waals surface area contributed by atoms with Crippen molar-refractivity contribution in [2.24, 2.45) is 0 Å². The highest BCUT2D eigenvalue weighted by Crippen LogP contribution is 2.34. The molecule has 3 heterocycles. The molecule has 0 bridgehead atoms. The molecule has 132 valence electrons. The number of aliphatic hydroxyl groups excluding tert-OH is 3. The summed E-state index contributed by atoms with van der Waals surface area (Å²) in [4.78, 5) is 12.5. The maximum absolute atomic E-state index is 10.3. The minimum absolute atomic E-state index is 0.212. The summed E-state index contributed by atoms with van der Waals surface area (Å²) in [7, 11) is 0. The third kappa shape index (κ3) is 2.77. The Morgan fingerprint density at radius 3 is 2.79 bits per heavy atom. The molecule has 1 aliphatic rings. The molecule has 1 fully saturated rings. The number of imidazole rings is 1. The van der Waals surface area contributed by atoms with E-state index in [2.05, 4.69) is 27.2 Å². The zero-order chi connectivity index (χ0) is 17.3. The van der Waals surface area contributed by atoms with E-state index in [1.54, 1.807) is 4.57 Å². The Morgan fingerprint density at radius 2 is 2.12 bits per heavy atom. The average molecular weight is 338 g/mol. The molecule has 0 radical (unpaired) electrons. The molecule has 0 amide bonds. The van der Waals surface area contributed by atoms with Crippen LogP contribution in [0.2, 0.25) is 0 Å². The largest absolute Gasteiger partial charge is 0.394 e. The van der Waals surface area contributed by atoms with E-state index in [9.17, 15) is 15.3 Å². The van der Waals surface area contributed by atoms with Crippen LogP contribution in [0, 0.1) is 0 Å². The zero-order valence-electron chi connectivity index (χ0n) is 13.3. The van der Waals surface area contributed by atoms with Crippen molar-refractivity contribution in [1.82, 2.24) is 19.5 Å². The van der Waals surface area contributed by atoms with Gasteiger partial charge in [0, 0.05) is 6.54 Å². The number of fused-ring (bicyclic) bond motifs is 1. The second-order valence-corrected chi connectivity index (χ2v) is 5.75. The van der Waals surface area contributed by atoms with Crippen molar-refractivity contribution in [1.29, 1.82) is 0 Å². The minimum Gasteiger partial charge on any atom is -0.394 e. The summed E-state index contributed by atoms with van der Waals surface area (Å²) in [5.74, 6) is 0.629. The van der Waals surface area contributed by atoms with E-state index in [4.69, 9.17) is 10.5 Å². The van der Waals surface area contributed by atoms with Crippen molar-refractivity contribution in [3.8, 4) is 0 Å². The van der Waals surface area contributed by atoms with Crippen LogP contribution >= 0.6 is 0 Å². The van der Waals surface area contributed by atoms with Crippen LogP contribution in [0.25, 0.3) is 11.2 Å². The monoisotopic (exact) mass is 338 g/mol. The molecule has 2 aromatic heterocycles. The number of ether oxygens (including phenoxy) is 1. The van der Waals surface area contributed by atoms with E-state index in [1.807, 2.05) is 0 Å². The van der Waals surface area contributed by atoms with Crippen molar-refractivity contribution >= 4 is 22.9 Å². The number of nitrogens with zero attached hydrogens (tertiary/aromatic N) is 4. The van der Waals surface area contributed by atoms with Crippen LogP contribution in [0.4, 0.5) is 11.8 Å². The van der Waals surface area contributed by atoms with Gasteiger partial charge >= 0.3 is 0 Å². The van der Waals surface area contributed by atoms with Gasteiger partial charge in [0.15, 0.2) is 23.2 Å². The highest BCUT2D eigenvalue weighted by Gasteiger charge is 2.45. The van der Waals surface area contributed by atoms with Crippen molar-refractivity contribution < 1.29 is 20.1 Å². The molecule has 3 rings (SSSR count). The maximum Gasteiger partial charge on any atom is 0.207 e. The van der Waals surface area contributed by atoms with Crippen LogP contribution in [0.5, 0.6) is 0 Å². The number of nitrogens with two attached hydrogens (primary N) is 1. The molecule has 10 heteroatoms. The first kappa shape index (κ1) is 16.8. The first-order valence-electron chi connectivity index (χ1n) is 7.93. The van der Waals surface area contributed by atoms with Gasteiger partial charge in [0.05, 0.1) is 6.61 Å². The molecule has 1 unspecified atom stereocenters. The molecule has 24 heavy (non-hydrogen) atoms. The van der Waals surface area contributed by atoms with Crippen LogP contribution < -0.4 is 11.1 Å². The first-order chi connectivity index (χ1) is 11.6. The Bertz CT molecular complexity index is 708. The molecular formula is C14H22N6O4. The summed E-state index contributed by atoms with van der Waals surface area (Å²) < 4.78 is 7.15. The third-order valence-corrected chi connectivity index (χ3v) is 4.09. The van der Waals surface area contributed by atoms with Gasteiger partial charge in [0.1, 0.15) is 24.6 Å². The third-order valence-electron chi connectivity index (χ3n) is 4.09. The second-order valence-electron chi connectivity index (χ2n) is 5.75. The highest BCUT2D eigenvalue weighted by molar-refractivity contribution is 5.84. The van der Waals surface area contributed by atoms with Gasteiger partial charge in [-0.05, 0) is 6.42 Å². The molecule has 0 aliphatic carbocycles. The summed E-state index contributed by atoms with van der Waals surface area (Å²) in [5, 5.41) is 32.8. The van der Waals surface area contributed by atoms with Gasteiger partial charge in [-0.1, -0.05) is 13.3 Å². The van der Waals surface area contributed by atoms with Gasteiger partial charge in [-0.15, -0.1) is 0 Å². The lowest BCUT2D eigenvalue weighted by Gasteiger charge is -2.19. The normalized spacial score (nSPS) is 27.0. The van der Waals surface area contributed by atoms with Gasteiger partial charge in [-0.25, -0.2) is 15.0 Å². The first-order valence-corrected chi connectivity index (χ1v) is 7.93. The summed E-state index contributed by atoms with van der Waals surface area (Å²) in [6.07, 6.45) is -1.04. The topological polar surface area (TPSA) is 152 Å². The van der Waals surface area contributed by atoms with Crippen LogP contribution in [0.3, 0.4) is 0 Å². The fourth-order valence-electron chi connectivity index (χ4n) is 2.76. The lowest BCUT2D eigenvalue weighted by Crippen LogP contribution is -2.33. The van der Waals surface area contributed by atoms with Crippen LogP contribution in [-0.2, 0) is 4.74 Å². The molecule has 0 saturated carbocycles. The van der Waals surface area contributed by atoms with E-state index in [-0.39, 0.29) is 5.82 Å². The van der Waals surface area contributed by atoms with E-state index >= 15 is 0 Å². The number of aromatic nitrogens is 4. The number of unbranched alkanes of at least 4 members (excludes halogenated alkanes) is 1. The Labute approximate surface area is 138 Å². The molecule has 1 saturated heterocycles. The Hall–Kier alpha value is -2.01. The van der Waals surface area contributed by atoms with Crippen LogP contribution in [0.15, 0.2) is 6.33 Å². The molecule has 4 atom stereocenters. The number of hydrogen-bond donors (Lipinski definition) is 5. The Balaban J connectivity index is 2.04. The van der Waals surface area contributed by atoms with Gasteiger partial charge in [-0.3, -0.25) is 4.57 Å². The number of nitrogen functional groups attached to an aromatic ring is 1. The van der Waals surface area contributed by atoms with E-state index < -0.39 is 31.1 Å². The van der Waals surface area contributed by atoms with Crippen LogP contribution in [0.1, 0.15) is 26.0 Å². The molecule has 1 aliphatic heterocycles. The van der Waals surface area contributed by atoms with E-state index in [1.165, 1.54) is 6.33 Å². The summed E-state index contributed by atoms with van der Waals surface area (Å²) in [5.41, 5.74) is 6.63. The highest BCUT2D eigenvalue weighted by atomic mass is 16.6. The van der Waals surface area contributed by atoms with Gasteiger partial charge < -0.3 is 31.1 Å². The Morgan fingerprint density at radius 1 is 1.33 bits per heavy atom. The molecular weight excluding hydrogens is 316 g/mol. The molecule has 6 N–H and O–H groups in total. The van der Waals surface area contributed by atoms with Gasteiger partial charge in [0.25, 0.3) is 0 Å². The average Bonchev–Trinajstić information content (AvgIpc) is 3.07. The second kappa shape index (κ2) is 6.85. The van der Waals surface area contributed by atoms with E-state index in [0.29, 0.717) is 23.7 Å². The molecule has 0 aromatic carbocycles. The maximum atomic E-state index is 10.3. The van der Waals surface area contributed by atoms with Crippen molar-refractivity contribution in [3.05, 3.63) is 6.33 Å². The van der Waals surface area contributed by atoms with Crippen molar-refractivity contribution in [2.45, 2.75) is 44.3 Å². The molecule has 2 aromatic rings. The van der Waals surface area contributed by atoms with Gasteiger partial charge in [-0.2, -0.15) is 0 Å². The summed E-state index contributed by atoms with van der Waals surface area (Å²) in [6.45, 7) is 2.33. The number of nitrogens with one attached hydrogen (secondary N) is 1.